The molecule has 1 aliphatic heterocycles. The first-order valence-corrected chi connectivity index (χ1v) is 11.9. The van der Waals surface area contributed by atoms with E-state index in [1.54, 1.807) is 37.4 Å². The number of alkyl halides is 3. The number of nitrogens with zero attached hydrogens (tertiary/aromatic N) is 6. The molecule has 0 N–H and O–H groups in total. The summed E-state index contributed by atoms with van der Waals surface area (Å²) in [5, 5.41) is 9.12. The molecule has 0 fully saturated rings. The third-order valence-electron chi connectivity index (χ3n) is 6.38. The summed E-state index contributed by atoms with van der Waals surface area (Å²) in [6.07, 6.45) is -2.39. The van der Waals surface area contributed by atoms with Crippen LogP contribution >= 0.6 is 0 Å². The van der Waals surface area contributed by atoms with Crippen molar-refractivity contribution >= 4 is 16.6 Å². The molecule has 1 aliphatic rings. The molecule has 0 amide bonds. The van der Waals surface area contributed by atoms with Crippen LogP contribution in [0, 0.1) is 17.1 Å². The predicted octanol–water partition coefficient (Wildman–Crippen LogP) is 4.76. The monoisotopic (exact) mass is 552 g/mol. The lowest BCUT2D eigenvalue weighted by Gasteiger charge is -2.28. The highest BCUT2D eigenvalue weighted by Crippen LogP contribution is 2.37. The molecule has 0 saturated carbocycles. The van der Waals surface area contributed by atoms with Crippen LogP contribution in [0.25, 0.3) is 27.9 Å². The molecule has 0 spiro atoms. The SMILES string of the molecule is COc1cc([C@@H]2CC(c3nc(-c4ccc(C#N)cc4F)c4nc(C(F)(F)F)n(C)c(=O)c4n3)=C[C@H](C)O2)ccn1. The first kappa shape index (κ1) is 26.9. The molecule has 4 heterocycles. The van der Waals surface area contributed by atoms with E-state index in [2.05, 4.69) is 19.9 Å². The summed E-state index contributed by atoms with van der Waals surface area (Å²) in [5.41, 5.74) is -1.29. The van der Waals surface area contributed by atoms with Crippen molar-refractivity contribution in [3.8, 4) is 23.2 Å². The molecule has 0 aliphatic carbocycles. The van der Waals surface area contributed by atoms with Gasteiger partial charge in [-0.05, 0) is 48.4 Å². The average Bonchev–Trinajstić information content (AvgIpc) is 2.93. The van der Waals surface area contributed by atoms with Crippen LogP contribution in [0.5, 0.6) is 5.88 Å². The highest BCUT2D eigenvalue weighted by Gasteiger charge is 2.37. The summed E-state index contributed by atoms with van der Waals surface area (Å²) < 4.78 is 68.0. The summed E-state index contributed by atoms with van der Waals surface area (Å²) in [6, 6.07) is 8.68. The van der Waals surface area contributed by atoms with Crippen molar-refractivity contribution in [3.63, 3.8) is 0 Å². The van der Waals surface area contributed by atoms with E-state index in [9.17, 15) is 18.0 Å². The molecule has 2 atom stereocenters. The average molecular weight is 552 g/mol. The molecule has 4 aromatic rings. The number of halogens is 4. The maximum Gasteiger partial charge on any atom is 0.449 e. The van der Waals surface area contributed by atoms with E-state index in [4.69, 9.17) is 14.7 Å². The molecule has 0 radical (unpaired) electrons. The van der Waals surface area contributed by atoms with Gasteiger partial charge in [0.1, 0.15) is 17.0 Å². The molecule has 0 unspecified atom stereocenters. The lowest BCUT2D eigenvalue weighted by Crippen LogP contribution is -2.29. The van der Waals surface area contributed by atoms with Crippen molar-refractivity contribution < 1.29 is 27.0 Å². The Morgan fingerprint density at radius 1 is 1.15 bits per heavy atom. The summed E-state index contributed by atoms with van der Waals surface area (Å²) in [6.45, 7) is 1.78. The first-order chi connectivity index (χ1) is 19.0. The number of hydrogen-bond donors (Lipinski definition) is 0. The van der Waals surface area contributed by atoms with Crippen molar-refractivity contribution in [1.29, 1.82) is 5.26 Å². The lowest BCUT2D eigenvalue weighted by atomic mass is 9.97. The normalized spacial score (nSPS) is 17.4. The number of ether oxygens (including phenoxy) is 2. The van der Waals surface area contributed by atoms with Crippen LogP contribution in [0.15, 0.2) is 47.4 Å². The zero-order valence-corrected chi connectivity index (χ0v) is 21.3. The highest BCUT2D eigenvalue weighted by atomic mass is 19.4. The maximum atomic E-state index is 15.2. The summed E-state index contributed by atoms with van der Waals surface area (Å²) in [5.74, 6) is -2.02. The topological polar surface area (TPSA) is 116 Å². The molecule has 3 aromatic heterocycles. The van der Waals surface area contributed by atoms with Crippen molar-refractivity contribution in [2.75, 3.05) is 7.11 Å². The Bertz CT molecular complexity index is 1780. The zero-order chi connectivity index (χ0) is 28.8. The number of rotatable bonds is 4. The quantitative estimate of drug-likeness (QED) is 0.333. The molecule has 0 saturated heterocycles. The number of nitriles is 1. The van der Waals surface area contributed by atoms with E-state index in [1.165, 1.54) is 19.2 Å². The number of benzene rings is 1. The second-order valence-corrected chi connectivity index (χ2v) is 9.05. The molecular weight excluding hydrogens is 532 g/mol. The van der Waals surface area contributed by atoms with E-state index >= 15 is 4.39 Å². The fourth-order valence-electron chi connectivity index (χ4n) is 4.50. The Kier molecular flexibility index (Phi) is 6.80. The van der Waals surface area contributed by atoms with Gasteiger partial charge in [0.05, 0.1) is 31.0 Å². The minimum absolute atomic E-state index is 0.00345. The van der Waals surface area contributed by atoms with Gasteiger partial charge in [-0.25, -0.2) is 24.3 Å². The highest BCUT2D eigenvalue weighted by molar-refractivity contribution is 5.90. The largest absolute Gasteiger partial charge is 0.481 e. The van der Waals surface area contributed by atoms with Gasteiger partial charge in [0.15, 0.2) is 11.3 Å². The zero-order valence-electron chi connectivity index (χ0n) is 21.3. The van der Waals surface area contributed by atoms with Crippen LogP contribution in [0.1, 0.15) is 42.2 Å². The standard InChI is InChI=1S/C27H20F4N6O3/c1-13-8-16(10-19(40-13)15-6-7-33-20(11-15)39-3)24-34-21(17-5-4-14(12-32)9-18(17)28)22-23(35-24)25(38)37(2)26(36-22)27(29,30)31/h4-9,11,13,19H,10H2,1-3H3/t13-,19-/m0/s1. The molecule has 5 rings (SSSR count). The van der Waals surface area contributed by atoms with Crippen LogP contribution in [0.2, 0.25) is 0 Å². The van der Waals surface area contributed by atoms with Crippen LogP contribution < -0.4 is 10.3 Å². The van der Waals surface area contributed by atoms with Gasteiger partial charge < -0.3 is 9.47 Å². The third kappa shape index (κ3) is 4.89. The van der Waals surface area contributed by atoms with Gasteiger partial charge in [0.2, 0.25) is 11.7 Å². The van der Waals surface area contributed by atoms with Crippen LogP contribution in [0.3, 0.4) is 0 Å². The van der Waals surface area contributed by atoms with Gasteiger partial charge in [-0.3, -0.25) is 9.36 Å². The van der Waals surface area contributed by atoms with Gasteiger partial charge in [-0.2, -0.15) is 18.4 Å². The number of hydrogen-bond acceptors (Lipinski definition) is 8. The maximum absolute atomic E-state index is 15.2. The number of fused-ring (bicyclic) bond motifs is 1. The Hall–Kier alpha value is -4.70. The molecule has 204 valence electrons. The van der Waals surface area contributed by atoms with E-state index in [0.717, 1.165) is 18.7 Å². The number of methoxy groups -OCH3 is 1. The van der Waals surface area contributed by atoms with Gasteiger partial charge in [0, 0.05) is 31.3 Å². The Labute approximate surface area is 224 Å². The van der Waals surface area contributed by atoms with Crippen molar-refractivity contribution in [2.24, 2.45) is 7.05 Å². The first-order valence-electron chi connectivity index (χ1n) is 11.9. The van der Waals surface area contributed by atoms with Gasteiger partial charge in [0.25, 0.3) is 5.56 Å². The Morgan fingerprint density at radius 2 is 1.93 bits per heavy atom. The molecule has 1 aromatic carbocycles. The van der Waals surface area contributed by atoms with Crippen LogP contribution in [-0.2, 0) is 18.0 Å². The van der Waals surface area contributed by atoms with E-state index < -0.39 is 46.6 Å². The second kappa shape index (κ2) is 10.1. The Balaban J connectivity index is 1.74. The fourth-order valence-corrected chi connectivity index (χ4v) is 4.50. The van der Waals surface area contributed by atoms with Crippen LogP contribution in [0.4, 0.5) is 17.6 Å². The van der Waals surface area contributed by atoms with Crippen molar-refractivity contribution in [3.05, 3.63) is 81.6 Å². The predicted molar refractivity (Wildman–Crippen MR) is 134 cm³/mol. The molecule has 0 bridgehead atoms. The summed E-state index contributed by atoms with van der Waals surface area (Å²) in [4.78, 5) is 29.7. The molecule has 13 heteroatoms. The van der Waals surface area contributed by atoms with E-state index in [0.29, 0.717) is 16.0 Å². The number of aromatic nitrogens is 5. The fraction of sp³-hybridized carbons (Fsp3) is 0.259. The van der Waals surface area contributed by atoms with Gasteiger partial charge in [-0.15, -0.1) is 0 Å². The van der Waals surface area contributed by atoms with E-state index in [-0.39, 0.29) is 29.1 Å². The summed E-state index contributed by atoms with van der Waals surface area (Å²) in [7, 11) is 2.41. The minimum Gasteiger partial charge on any atom is -0.481 e. The lowest BCUT2D eigenvalue weighted by molar-refractivity contribution is -0.147. The summed E-state index contributed by atoms with van der Waals surface area (Å²) >= 11 is 0. The molecular formula is C27H20F4N6O3. The molecule has 9 nitrogen and oxygen atoms in total. The third-order valence-corrected chi connectivity index (χ3v) is 6.38. The van der Waals surface area contributed by atoms with Crippen molar-refractivity contribution in [1.82, 2.24) is 24.5 Å². The minimum atomic E-state index is -4.97. The molecule has 40 heavy (non-hydrogen) atoms. The van der Waals surface area contributed by atoms with Crippen molar-refractivity contribution in [2.45, 2.75) is 31.7 Å². The van der Waals surface area contributed by atoms with Crippen LogP contribution in [-0.4, -0.2) is 37.7 Å². The Morgan fingerprint density at radius 3 is 2.60 bits per heavy atom. The van der Waals surface area contributed by atoms with Gasteiger partial charge in [-0.1, -0.05) is 0 Å². The second-order valence-electron chi connectivity index (χ2n) is 9.05. The van der Waals surface area contributed by atoms with E-state index in [1.807, 2.05) is 0 Å². The van der Waals surface area contributed by atoms with Gasteiger partial charge >= 0.3 is 6.18 Å². The number of pyridine rings is 1. The smallest absolute Gasteiger partial charge is 0.449 e.